The van der Waals surface area contributed by atoms with Gasteiger partial charge in [0.05, 0.1) is 4.32 Å². The lowest BCUT2D eigenvalue weighted by atomic mass is 9.58. The maximum absolute atomic E-state index is 6.30. The van der Waals surface area contributed by atoms with E-state index in [0.29, 0.717) is 18.4 Å². The summed E-state index contributed by atoms with van der Waals surface area (Å²) in [7, 11) is 0. The van der Waals surface area contributed by atoms with Crippen molar-refractivity contribution in [1.82, 2.24) is 0 Å². The largest absolute Gasteiger partial charge is 0.351 e. The Balaban J connectivity index is 1.80. The van der Waals surface area contributed by atoms with Gasteiger partial charge in [-0.05, 0) is 51.9 Å². The first-order valence-electron chi connectivity index (χ1n) is 8.84. The summed E-state index contributed by atoms with van der Waals surface area (Å²) in [4.78, 5) is 11.9. The molecule has 0 amide bonds. The van der Waals surface area contributed by atoms with Crippen molar-refractivity contribution in [3.8, 4) is 0 Å². The Morgan fingerprint density at radius 1 is 1.17 bits per heavy atom. The van der Waals surface area contributed by atoms with Gasteiger partial charge in [0.25, 0.3) is 0 Å². The van der Waals surface area contributed by atoms with Crippen molar-refractivity contribution in [2.45, 2.75) is 81.7 Å². The minimum atomic E-state index is -0.728. The molecule has 4 saturated heterocycles. The van der Waals surface area contributed by atoms with Crippen molar-refractivity contribution in [1.29, 1.82) is 0 Å². The van der Waals surface area contributed by atoms with Crippen LogP contribution in [0.1, 0.15) is 53.4 Å². The normalized spacial score (nSPS) is 58.6. The molecule has 0 N–H and O–H groups in total. The van der Waals surface area contributed by atoms with Gasteiger partial charge in [-0.2, -0.15) is 0 Å². The molecule has 1 saturated carbocycles. The Morgan fingerprint density at radius 3 is 2.70 bits per heavy atom. The molecule has 5 nitrogen and oxygen atoms in total. The first kappa shape index (κ1) is 16.7. The molecule has 0 radical (unpaired) electrons. The molecule has 6 heteroatoms. The monoisotopic (exact) mass is 390 g/mol. The van der Waals surface area contributed by atoms with Crippen LogP contribution in [0.3, 0.4) is 0 Å². The molecule has 23 heavy (non-hydrogen) atoms. The minimum Gasteiger partial charge on any atom is -0.351 e. The summed E-state index contributed by atoms with van der Waals surface area (Å²) < 4.78 is 18.1. The predicted octanol–water partition coefficient (Wildman–Crippen LogP) is 3.75. The fourth-order valence-corrected chi connectivity index (χ4v) is 6.03. The molecule has 4 heterocycles. The van der Waals surface area contributed by atoms with Crippen LogP contribution >= 0.6 is 15.9 Å². The summed E-state index contributed by atoms with van der Waals surface area (Å²) >= 11 is 3.92. The van der Waals surface area contributed by atoms with Gasteiger partial charge in [-0.3, -0.25) is 0 Å². The Labute approximate surface area is 146 Å². The third kappa shape index (κ3) is 2.22. The molecule has 0 aromatic rings. The SMILES string of the molecule is CCO[C@@H]1O[C@@H]2O[C@@]3(C)CC[C@H]4[C@H](C)CC[C@@H](C1(C)Br)[C@@]24OO3. The number of ether oxygens (including phenoxy) is 3. The van der Waals surface area contributed by atoms with Gasteiger partial charge in [-0.25, -0.2) is 9.78 Å². The zero-order valence-corrected chi connectivity index (χ0v) is 15.9. The van der Waals surface area contributed by atoms with Crippen LogP contribution in [0.25, 0.3) is 0 Å². The molecule has 0 aromatic carbocycles. The van der Waals surface area contributed by atoms with Crippen LogP contribution in [-0.2, 0) is 24.0 Å². The third-order valence-electron chi connectivity index (χ3n) is 6.43. The number of hydrogen-bond acceptors (Lipinski definition) is 5. The maximum Gasteiger partial charge on any atom is 0.201 e. The zero-order chi connectivity index (χ0) is 16.5. The molecule has 8 atom stereocenters. The van der Waals surface area contributed by atoms with E-state index in [-0.39, 0.29) is 16.5 Å². The van der Waals surface area contributed by atoms with Crippen LogP contribution < -0.4 is 0 Å². The van der Waals surface area contributed by atoms with Gasteiger partial charge < -0.3 is 14.2 Å². The molecule has 1 aliphatic carbocycles. The molecule has 1 spiro atoms. The zero-order valence-electron chi connectivity index (χ0n) is 14.3. The summed E-state index contributed by atoms with van der Waals surface area (Å²) in [5.41, 5.74) is -0.556. The van der Waals surface area contributed by atoms with Gasteiger partial charge in [0.1, 0.15) is 0 Å². The van der Waals surface area contributed by atoms with Crippen LogP contribution in [-0.4, -0.2) is 34.9 Å². The molecule has 5 fully saturated rings. The Kier molecular flexibility index (Phi) is 3.92. The van der Waals surface area contributed by atoms with Gasteiger partial charge in [0, 0.05) is 18.9 Å². The maximum atomic E-state index is 6.30. The summed E-state index contributed by atoms with van der Waals surface area (Å²) in [5, 5.41) is 0. The van der Waals surface area contributed by atoms with E-state index in [4.69, 9.17) is 24.0 Å². The van der Waals surface area contributed by atoms with E-state index in [2.05, 4.69) is 29.8 Å². The van der Waals surface area contributed by atoms with E-state index in [1.165, 1.54) is 6.42 Å². The predicted molar refractivity (Wildman–Crippen MR) is 86.6 cm³/mol. The number of rotatable bonds is 2. The Morgan fingerprint density at radius 2 is 1.96 bits per heavy atom. The van der Waals surface area contributed by atoms with E-state index >= 15 is 0 Å². The summed E-state index contributed by atoms with van der Waals surface area (Å²) in [6.07, 6.45) is 3.30. The second-order valence-corrected chi connectivity index (χ2v) is 9.64. The molecule has 5 rings (SSSR count). The Hall–Kier alpha value is 0.280. The van der Waals surface area contributed by atoms with Crippen molar-refractivity contribution < 1.29 is 24.0 Å². The molecule has 0 aromatic heterocycles. The second-order valence-electron chi connectivity index (χ2n) is 7.93. The average molecular weight is 391 g/mol. The average Bonchev–Trinajstić information content (AvgIpc) is 2.71. The van der Waals surface area contributed by atoms with Crippen molar-refractivity contribution >= 4 is 15.9 Å². The highest BCUT2D eigenvalue weighted by molar-refractivity contribution is 9.10. The molecular formula is C17H27BrO5. The van der Waals surface area contributed by atoms with E-state index in [9.17, 15) is 0 Å². The van der Waals surface area contributed by atoms with E-state index in [1.54, 1.807) is 0 Å². The fourth-order valence-electron chi connectivity index (χ4n) is 5.21. The van der Waals surface area contributed by atoms with Gasteiger partial charge in [0.15, 0.2) is 18.2 Å². The van der Waals surface area contributed by atoms with Gasteiger partial charge in [-0.15, -0.1) is 0 Å². The van der Waals surface area contributed by atoms with Crippen LogP contribution in [0.5, 0.6) is 0 Å². The first-order chi connectivity index (χ1) is 10.8. The van der Waals surface area contributed by atoms with Crippen LogP contribution in [0.15, 0.2) is 0 Å². The smallest absolute Gasteiger partial charge is 0.201 e. The summed E-state index contributed by atoms with van der Waals surface area (Å²) in [5.74, 6) is 0.426. The number of fused-ring (bicyclic) bond motifs is 2. The van der Waals surface area contributed by atoms with Crippen molar-refractivity contribution in [3.05, 3.63) is 0 Å². The fraction of sp³-hybridized carbons (Fsp3) is 1.00. The van der Waals surface area contributed by atoms with E-state index < -0.39 is 17.7 Å². The van der Waals surface area contributed by atoms with Crippen LogP contribution in [0.4, 0.5) is 0 Å². The highest BCUT2D eigenvalue weighted by Gasteiger charge is 2.72. The summed E-state index contributed by atoms with van der Waals surface area (Å²) in [6.45, 7) is 9.00. The molecule has 2 bridgehead atoms. The lowest BCUT2D eigenvalue weighted by Crippen LogP contribution is -2.74. The minimum absolute atomic E-state index is 0.217. The lowest BCUT2D eigenvalue weighted by Gasteiger charge is -2.62. The number of halogens is 1. The molecule has 1 unspecified atom stereocenters. The Bertz CT molecular complexity index is 486. The molecule has 4 aliphatic heterocycles. The second kappa shape index (κ2) is 5.39. The molecule has 5 aliphatic rings. The van der Waals surface area contributed by atoms with Crippen molar-refractivity contribution in [2.75, 3.05) is 6.61 Å². The highest BCUT2D eigenvalue weighted by atomic mass is 79.9. The van der Waals surface area contributed by atoms with Gasteiger partial charge in [0.2, 0.25) is 5.79 Å². The number of hydrogen-bond donors (Lipinski definition) is 0. The standard InChI is InChI=1S/C17H27BrO5/c1-5-19-13-16(4,18)12-7-6-10(2)11-8-9-15(3)21-14(20-13)17(11,12)23-22-15/h10-14H,5-9H2,1-4H3/t10-,11+,12+,13-,14-,15-,16?,17-/m1/s1. The molecule has 132 valence electrons. The van der Waals surface area contributed by atoms with Crippen LogP contribution in [0.2, 0.25) is 0 Å². The number of alkyl halides is 1. The third-order valence-corrected chi connectivity index (χ3v) is 7.35. The lowest BCUT2D eigenvalue weighted by molar-refractivity contribution is -0.575. The van der Waals surface area contributed by atoms with Crippen LogP contribution in [0, 0.1) is 17.8 Å². The topological polar surface area (TPSA) is 46.2 Å². The van der Waals surface area contributed by atoms with Crippen molar-refractivity contribution in [2.24, 2.45) is 17.8 Å². The quantitative estimate of drug-likeness (QED) is 0.530. The van der Waals surface area contributed by atoms with Crippen molar-refractivity contribution in [3.63, 3.8) is 0 Å². The van der Waals surface area contributed by atoms with E-state index in [1.807, 2.05) is 13.8 Å². The molecular weight excluding hydrogens is 364 g/mol. The van der Waals surface area contributed by atoms with Gasteiger partial charge >= 0.3 is 0 Å². The summed E-state index contributed by atoms with van der Waals surface area (Å²) in [6, 6.07) is 0. The van der Waals surface area contributed by atoms with Gasteiger partial charge in [-0.1, -0.05) is 22.9 Å². The first-order valence-corrected chi connectivity index (χ1v) is 9.63. The van der Waals surface area contributed by atoms with E-state index in [0.717, 1.165) is 19.3 Å². The highest BCUT2D eigenvalue weighted by Crippen LogP contribution is 2.63.